The van der Waals surface area contributed by atoms with E-state index in [0.717, 1.165) is 12.8 Å². The summed E-state index contributed by atoms with van der Waals surface area (Å²) in [4.78, 5) is 10.4. The summed E-state index contributed by atoms with van der Waals surface area (Å²) in [5, 5.41) is 0. The molecule has 1 unspecified atom stereocenters. The molecule has 0 aromatic rings. The quantitative estimate of drug-likeness (QED) is 0.590. The van der Waals surface area contributed by atoms with Crippen molar-refractivity contribution in [3.05, 3.63) is 0 Å². The van der Waals surface area contributed by atoms with Gasteiger partial charge in [0.05, 0.1) is 6.04 Å². The molecule has 0 saturated heterocycles. The predicted molar refractivity (Wildman–Crippen MR) is 41.3 cm³/mol. The van der Waals surface area contributed by atoms with Crippen LogP contribution in [0.15, 0.2) is 0 Å². The van der Waals surface area contributed by atoms with Crippen LogP contribution in [0.5, 0.6) is 0 Å². The number of halogens is 2. The Kier molecular flexibility index (Phi) is 6.68. The van der Waals surface area contributed by atoms with Gasteiger partial charge in [-0.3, -0.25) is 4.79 Å². The topological polar surface area (TPSA) is 43.1 Å². The maximum Gasteiger partial charge on any atom is 0.149 e. The van der Waals surface area contributed by atoms with Gasteiger partial charge in [-0.25, -0.2) is 0 Å². The number of rotatable bonds is 0. The first-order chi connectivity index (χ1) is 3.30. The largest absolute Gasteiger partial charge is 0.322 e. The fraction of sp³-hybridized carbons (Fsp3) is 0.800. The molecular weight excluding hydrogens is 161 g/mol. The highest BCUT2D eigenvalue weighted by Gasteiger charge is 2.18. The molecule has 56 valence electrons. The minimum absolute atomic E-state index is 0. The highest BCUT2D eigenvalue weighted by Crippen LogP contribution is 2.10. The normalized spacial score (nSPS) is 24.6. The number of carbonyl (C=O) groups excluding carboxylic acids is 1. The maximum absolute atomic E-state index is 10.4. The van der Waals surface area contributed by atoms with E-state index in [0.29, 0.717) is 6.42 Å². The standard InChI is InChI=1S/C5H9NO.2ClH/c6-4-2-1-3-5(4)7;;/h4H,1-3,6H2;2*1H. The van der Waals surface area contributed by atoms with Crippen molar-refractivity contribution in [3.8, 4) is 0 Å². The third-order valence-electron chi connectivity index (χ3n) is 1.35. The van der Waals surface area contributed by atoms with E-state index in [-0.39, 0.29) is 36.6 Å². The molecule has 0 aromatic heterocycles. The van der Waals surface area contributed by atoms with Crippen molar-refractivity contribution in [2.24, 2.45) is 5.73 Å². The van der Waals surface area contributed by atoms with Crippen molar-refractivity contribution in [1.29, 1.82) is 0 Å². The second-order valence-electron chi connectivity index (χ2n) is 1.97. The van der Waals surface area contributed by atoms with Crippen LogP contribution in [0.25, 0.3) is 0 Å². The molecule has 0 radical (unpaired) electrons. The Hall–Kier alpha value is 0.210. The predicted octanol–water partition coefficient (Wildman–Crippen LogP) is 0.910. The van der Waals surface area contributed by atoms with Gasteiger partial charge >= 0.3 is 0 Å². The Bertz CT molecular complexity index is 97.0. The van der Waals surface area contributed by atoms with Crippen molar-refractivity contribution >= 4 is 30.6 Å². The van der Waals surface area contributed by atoms with Crippen LogP contribution in [0, 0.1) is 0 Å². The molecule has 0 spiro atoms. The molecule has 0 aromatic carbocycles. The van der Waals surface area contributed by atoms with Gasteiger partial charge in [-0.05, 0) is 12.8 Å². The third kappa shape index (κ3) is 3.04. The fourth-order valence-electron chi connectivity index (χ4n) is 0.843. The second kappa shape index (κ2) is 5.03. The van der Waals surface area contributed by atoms with Gasteiger partial charge < -0.3 is 5.73 Å². The Morgan fingerprint density at radius 2 is 2.00 bits per heavy atom. The molecule has 0 bridgehead atoms. The third-order valence-corrected chi connectivity index (χ3v) is 1.35. The zero-order chi connectivity index (χ0) is 5.28. The van der Waals surface area contributed by atoms with Gasteiger partial charge in [-0.15, -0.1) is 24.8 Å². The van der Waals surface area contributed by atoms with Crippen LogP contribution in [0.3, 0.4) is 0 Å². The highest BCUT2D eigenvalue weighted by atomic mass is 35.5. The van der Waals surface area contributed by atoms with Gasteiger partial charge in [0, 0.05) is 6.42 Å². The molecule has 1 fully saturated rings. The minimum Gasteiger partial charge on any atom is -0.322 e. The van der Waals surface area contributed by atoms with Crippen molar-refractivity contribution in [1.82, 2.24) is 0 Å². The Labute approximate surface area is 67.0 Å². The summed E-state index contributed by atoms with van der Waals surface area (Å²) in [7, 11) is 0. The van der Waals surface area contributed by atoms with Crippen LogP contribution >= 0.6 is 24.8 Å². The molecule has 2 nitrogen and oxygen atoms in total. The number of nitrogens with two attached hydrogens (primary N) is 1. The molecule has 1 aliphatic carbocycles. The SMILES string of the molecule is Cl.Cl.NC1CCCC1=O. The van der Waals surface area contributed by atoms with E-state index in [4.69, 9.17) is 5.73 Å². The van der Waals surface area contributed by atoms with Gasteiger partial charge in [0.25, 0.3) is 0 Å². The average molecular weight is 172 g/mol. The lowest BCUT2D eigenvalue weighted by atomic mass is 10.3. The number of hydrogen-bond acceptors (Lipinski definition) is 2. The van der Waals surface area contributed by atoms with E-state index < -0.39 is 0 Å². The first-order valence-corrected chi connectivity index (χ1v) is 2.59. The molecule has 0 amide bonds. The van der Waals surface area contributed by atoms with Gasteiger partial charge in [-0.1, -0.05) is 0 Å². The summed E-state index contributed by atoms with van der Waals surface area (Å²) < 4.78 is 0. The molecule has 1 rings (SSSR count). The first kappa shape index (κ1) is 11.9. The van der Waals surface area contributed by atoms with Crippen molar-refractivity contribution in [2.45, 2.75) is 25.3 Å². The smallest absolute Gasteiger partial charge is 0.149 e. The first-order valence-electron chi connectivity index (χ1n) is 2.59. The van der Waals surface area contributed by atoms with Gasteiger partial charge in [-0.2, -0.15) is 0 Å². The maximum atomic E-state index is 10.4. The summed E-state index contributed by atoms with van der Waals surface area (Å²) >= 11 is 0. The van der Waals surface area contributed by atoms with Gasteiger partial charge in [0.1, 0.15) is 5.78 Å². The molecule has 1 saturated carbocycles. The fourth-order valence-corrected chi connectivity index (χ4v) is 0.843. The number of ketones is 1. The Balaban J connectivity index is 0. The lowest BCUT2D eigenvalue weighted by Crippen LogP contribution is -2.23. The van der Waals surface area contributed by atoms with Gasteiger partial charge in [0.2, 0.25) is 0 Å². The van der Waals surface area contributed by atoms with E-state index in [1.54, 1.807) is 0 Å². The summed E-state index contributed by atoms with van der Waals surface area (Å²) in [5.41, 5.74) is 5.33. The van der Waals surface area contributed by atoms with Crippen LogP contribution < -0.4 is 5.73 Å². The van der Waals surface area contributed by atoms with Crippen LogP contribution in [0.4, 0.5) is 0 Å². The highest BCUT2D eigenvalue weighted by molar-refractivity contribution is 5.86. The minimum atomic E-state index is -0.125. The lowest BCUT2D eigenvalue weighted by Gasteiger charge is -1.92. The number of Topliss-reactive ketones (excluding diaryl/α,β-unsaturated/α-hetero) is 1. The van der Waals surface area contributed by atoms with E-state index in [2.05, 4.69) is 0 Å². The van der Waals surface area contributed by atoms with Crippen LogP contribution in [0.2, 0.25) is 0 Å². The van der Waals surface area contributed by atoms with Crippen LogP contribution in [0.1, 0.15) is 19.3 Å². The summed E-state index contributed by atoms with van der Waals surface area (Å²) in [5.74, 6) is 0.236. The molecule has 2 N–H and O–H groups in total. The summed E-state index contributed by atoms with van der Waals surface area (Å²) in [6, 6.07) is -0.125. The molecule has 1 atom stereocenters. The molecule has 0 heterocycles. The zero-order valence-electron chi connectivity index (χ0n) is 5.00. The summed E-state index contributed by atoms with van der Waals surface area (Å²) in [6.45, 7) is 0. The van der Waals surface area contributed by atoms with E-state index in [9.17, 15) is 4.79 Å². The zero-order valence-corrected chi connectivity index (χ0v) is 6.63. The number of hydrogen-bond donors (Lipinski definition) is 1. The average Bonchev–Trinajstić information content (AvgIpc) is 1.91. The van der Waals surface area contributed by atoms with Crippen LogP contribution in [-0.2, 0) is 4.79 Å². The Morgan fingerprint density at radius 1 is 1.44 bits per heavy atom. The van der Waals surface area contributed by atoms with Crippen molar-refractivity contribution in [2.75, 3.05) is 0 Å². The molecule has 0 aliphatic heterocycles. The second-order valence-corrected chi connectivity index (χ2v) is 1.97. The van der Waals surface area contributed by atoms with Crippen molar-refractivity contribution in [3.63, 3.8) is 0 Å². The van der Waals surface area contributed by atoms with Crippen LogP contribution in [-0.4, -0.2) is 11.8 Å². The molecule has 9 heavy (non-hydrogen) atoms. The number of carbonyl (C=O) groups is 1. The van der Waals surface area contributed by atoms with Gasteiger partial charge in [0.15, 0.2) is 0 Å². The summed E-state index contributed by atoms with van der Waals surface area (Å²) in [6.07, 6.45) is 2.61. The molecule has 4 heteroatoms. The van der Waals surface area contributed by atoms with E-state index >= 15 is 0 Å². The monoisotopic (exact) mass is 171 g/mol. The molecule has 1 aliphatic rings. The van der Waals surface area contributed by atoms with E-state index in [1.807, 2.05) is 0 Å². The molecular formula is C5H11Cl2NO. The van der Waals surface area contributed by atoms with Crippen molar-refractivity contribution < 1.29 is 4.79 Å². The Morgan fingerprint density at radius 3 is 2.11 bits per heavy atom. The lowest BCUT2D eigenvalue weighted by molar-refractivity contribution is -0.118. The van der Waals surface area contributed by atoms with E-state index in [1.165, 1.54) is 0 Å².